The lowest BCUT2D eigenvalue weighted by molar-refractivity contribution is 0.368. The summed E-state index contributed by atoms with van der Waals surface area (Å²) in [7, 11) is -5.44. The Bertz CT molecular complexity index is 441. The van der Waals surface area contributed by atoms with E-state index in [1.165, 1.54) is 22.6 Å². The van der Waals surface area contributed by atoms with E-state index in [0.717, 1.165) is 5.40 Å². The SMILES string of the molecule is CC(P(C1CCCCC1)C1CCCCC1)P(C1CCCCC1)C1CCCCC1.F[B-](F)(F)F. The molecule has 0 bridgehead atoms. The Balaban J connectivity index is 0.000000555. The third-order valence-corrected chi connectivity index (χ3v) is 17.6. The van der Waals surface area contributed by atoms with Crippen LogP contribution in [0.2, 0.25) is 0 Å². The monoisotopic (exact) mass is 509 g/mol. The summed E-state index contributed by atoms with van der Waals surface area (Å²) < 4.78 is 39.0. The number of hydrogen-bond acceptors (Lipinski definition) is 0. The minimum atomic E-state index is -6.00. The normalized spacial score (nSPS) is 25.5. The molecule has 4 fully saturated rings. The van der Waals surface area contributed by atoms with Gasteiger partial charge in [0.15, 0.2) is 0 Å². The van der Waals surface area contributed by atoms with Crippen LogP contribution in [0.15, 0.2) is 0 Å². The average Bonchev–Trinajstić information content (AvgIpc) is 2.81. The van der Waals surface area contributed by atoms with Gasteiger partial charge in [0.25, 0.3) is 0 Å². The molecule has 0 heterocycles. The lowest BCUT2D eigenvalue weighted by Crippen LogP contribution is -2.30. The first kappa shape index (κ1) is 28.2. The highest BCUT2D eigenvalue weighted by molar-refractivity contribution is 7.77. The molecule has 0 aromatic heterocycles. The number of hydrogen-bond donors (Lipinski definition) is 0. The van der Waals surface area contributed by atoms with Gasteiger partial charge in [0, 0.05) is 0 Å². The van der Waals surface area contributed by atoms with Crippen LogP contribution in [-0.4, -0.2) is 35.3 Å². The summed E-state index contributed by atoms with van der Waals surface area (Å²) in [6.07, 6.45) is 31.6. The molecule has 0 N–H and O–H groups in total. The van der Waals surface area contributed by atoms with Crippen LogP contribution >= 0.6 is 15.8 Å². The Morgan fingerprint density at radius 2 is 0.636 bits per heavy atom. The third-order valence-electron chi connectivity index (χ3n) is 8.85. The molecule has 0 aliphatic heterocycles. The Labute approximate surface area is 203 Å². The second-order valence-corrected chi connectivity index (χ2v) is 17.9. The maximum atomic E-state index is 9.75. The molecule has 33 heavy (non-hydrogen) atoms. The molecule has 0 aromatic carbocycles. The summed E-state index contributed by atoms with van der Waals surface area (Å²) in [5.74, 6) is 0. The topological polar surface area (TPSA) is 0 Å². The van der Waals surface area contributed by atoms with Crippen LogP contribution in [-0.2, 0) is 0 Å². The molecule has 0 unspecified atom stereocenters. The Morgan fingerprint density at radius 1 is 0.455 bits per heavy atom. The van der Waals surface area contributed by atoms with E-state index in [0.29, 0.717) is 0 Å². The van der Waals surface area contributed by atoms with Crippen molar-refractivity contribution in [2.45, 2.75) is 163 Å². The highest BCUT2D eigenvalue weighted by Gasteiger charge is 2.42. The van der Waals surface area contributed by atoms with E-state index in [2.05, 4.69) is 6.92 Å². The summed E-state index contributed by atoms with van der Waals surface area (Å²) in [6, 6.07) is 0. The van der Waals surface area contributed by atoms with E-state index in [1.807, 2.05) is 0 Å². The summed E-state index contributed by atoms with van der Waals surface area (Å²) in [5, 5.41) is 1.14. The number of halogens is 4. The average molecular weight is 509 g/mol. The van der Waals surface area contributed by atoms with Crippen LogP contribution in [0.25, 0.3) is 0 Å². The van der Waals surface area contributed by atoms with Gasteiger partial charge in [-0.15, -0.1) is 0 Å². The first-order chi connectivity index (χ1) is 15.8. The molecule has 0 aromatic rings. The fraction of sp³-hybridized carbons (Fsp3) is 1.00. The van der Waals surface area contributed by atoms with Crippen LogP contribution in [0.5, 0.6) is 0 Å². The largest absolute Gasteiger partial charge is 0.673 e. The van der Waals surface area contributed by atoms with Crippen molar-refractivity contribution in [3.05, 3.63) is 0 Å². The summed E-state index contributed by atoms with van der Waals surface area (Å²) >= 11 is 0. The molecule has 0 amide bonds. The van der Waals surface area contributed by atoms with Gasteiger partial charge in [-0.3, -0.25) is 0 Å². The predicted octanol–water partition coefficient (Wildman–Crippen LogP) is 10.9. The maximum absolute atomic E-state index is 9.75. The Morgan fingerprint density at radius 3 is 0.818 bits per heavy atom. The standard InChI is InChI=1S/C26H48P2.BF4/c1-22(27(23-14-6-2-7-15-23)24-16-8-3-9-17-24)28(25-18-10-4-11-19-25)26-20-12-5-13-21-26;2-1(3,4)5/h22-26H,2-21H2,1H3;/q;-1. The molecule has 4 saturated carbocycles. The van der Waals surface area contributed by atoms with Crippen molar-refractivity contribution in [3.8, 4) is 0 Å². The molecule has 0 spiro atoms. The van der Waals surface area contributed by atoms with Gasteiger partial charge < -0.3 is 17.3 Å². The first-order valence-corrected chi connectivity index (χ1v) is 17.4. The predicted molar refractivity (Wildman–Crippen MR) is 141 cm³/mol. The van der Waals surface area contributed by atoms with Crippen LogP contribution in [0.4, 0.5) is 17.3 Å². The summed E-state index contributed by atoms with van der Waals surface area (Å²) in [6.45, 7) is 2.85. The molecule has 0 atom stereocenters. The van der Waals surface area contributed by atoms with Gasteiger partial charge in [-0.2, -0.15) is 0 Å². The van der Waals surface area contributed by atoms with Gasteiger partial charge in [-0.25, -0.2) is 0 Å². The number of rotatable bonds is 6. The molecule has 4 aliphatic rings. The fourth-order valence-corrected chi connectivity index (χ4v) is 18.5. The Hall–Kier alpha value is 0.645. The lowest BCUT2D eigenvalue weighted by atomic mass is 9.99. The van der Waals surface area contributed by atoms with Gasteiger partial charge in [0.05, 0.1) is 0 Å². The van der Waals surface area contributed by atoms with Crippen molar-refractivity contribution in [2.75, 3.05) is 0 Å². The first-order valence-electron chi connectivity index (χ1n) is 14.3. The molecular weight excluding hydrogens is 461 g/mol. The molecule has 7 heteroatoms. The summed E-state index contributed by atoms with van der Waals surface area (Å²) in [4.78, 5) is 0. The van der Waals surface area contributed by atoms with Crippen LogP contribution < -0.4 is 0 Å². The van der Waals surface area contributed by atoms with E-state index in [9.17, 15) is 17.3 Å². The van der Waals surface area contributed by atoms with E-state index in [-0.39, 0.29) is 15.8 Å². The zero-order chi connectivity index (χ0) is 23.7. The lowest BCUT2D eigenvalue weighted by Gasteiger charge is -2.49. The van der Waals surface area contributed by atoms with Crippen molar-refractivity contribution in [2.24, 2.45) is 0 Å². The molecular formula is C26H48BF4P2-. The van der Waals surface area contributed by atoms with Crippen molar-refractivity contribution >= 4 is 23.1 Å². The van der Waals surface area contributed by atoms with E-state index >= 15 is 0 Å². The smallest absolute Gasteiger partial charge is 0.418 e. The highest BCUT2D eigenvalue weighted by atomic mass is 31.2. The second kappa shape index (κ2) is 14.4. The van der Waals surface area contributed by atoms with Crippen LogP contribution in [0.1, 0.15) is 135 Å². The van der Waals surface area contributed by atoms with Gasteiger partial charge in [-0.05, 0) is 79.4 Å². The molecule has 0 saturated heterocycles. The quantitative estimate of drug-likeness (QED) is 0.190. The molecule has 0 radical (unpaired) electrons. The van der Waals surface area contributed by atoms with Crippen LogP contribution in [0, 0.1) is 0 Å². The van der Waals surface area contributed by atoms with E-state index < -0.39 is 7.25 Å². The minimum absolute atomic E-state index is 0.282. The third kappa shape index (κ3) is 9.55. The van der Waals surface area contributed by atoms with E-state index in [4.69, 9.17) is 0 Å². The maximum Gasteiger partial charge on any atom is 0.673 e. The van der Waals surface area contributed by atoms with Gasteiger partial charge in [0.2, 0.25) is 0 Å². The summed E-state index contributed by atoms with van der Waals surface area (Å²) in [5.41, 5.74) is 4.66. The van der Waals surface area contributed by atoms with Crippen molar-refractivity contribution in [1.29, 1.82) is 0 Å². The highest BCUT2D eigenvalue weighted by Crippen LogP contribution is 2.72. The zero-order valence-corrected chi connectivity index (χ0v) is 22.8. The molecule has 4 rings (SSSR count). The van der Waals surface area contributed by atoms with E-state index in [1.54, 1.807) is 128 Å². The fourth-order valence-electron chi connectivity index (χ4n) is 7.49. The second-order valence-electron chi connectivity index (χ2n) is 11.2. The van der Waals surface area contributed by atoms with Gasteiger partial charge in [0.1, 0.15) is 0 Å². The molecule has 4 aliphatic carbocycles. The van der Waals surface area contributed by atoms with Crippen molar-refractivity contribution in [3.63, 3.8) is 0 Å². The van der Waals surface area contributed by atoms with Gasteiger partial charge in [-0.1, -0.05) is 99.8 Å². The minimum Gasteiger partial charge on any atom is -0.418 e. The van der Waals surface area contributed by atoms with Crippen LogP contribution in [0.3, 0.4) is 0 Å². The molecule has 0 nitrogen and oxygen atoms in total. The zero-order valence-electron chi connectivity index (χ0n) is 21.0. The Kier molecular flexibility index (Phi) is 12.3. The molecule has 194 valence electrons. The van der Waals surface area contributed by atoms with Gasteiger partial charge >= 0.3 is 7.25 Å². The van der Waals surface area contributed by atoms with Crippen molar-refractivity contribution < 1.29 is 17.3 Å². The van der Waals surface area contributed by atoms with Crippen molar-refractivity contribution in [1.82, 2.24) is 0 Å².